The van der Waals surface area contributed by atoms with E-state index in [0.29, 0.717) is 4.91 Å². The van der Waals surface area contributed by atoms with Crippen LogP contribution in [0.5, 0.6) is 5.75 Å². The molecule has 5 heteroatoms. The van der Waals surface area contributed by atoms with Gasteiger partial charge in [-0.3, -0.25) is 14.7 Å². The van der Waals surface area contributed by atoms with Crippen LogP contribution in [0.2, 0.25) is 0 Å². The highest BCUT2D eigenvalue weighted by Gasteiger charge is 2.34. The maximum atomic E-state index is 13.2. The molecule has 1 saturated heterocycles. The van der Waals surface area contributed by atoms with E-state index in [2.05, 4.69) is 11.1 Å². The van der Waals surface area contributed by atoms with Crippen molar-refractivity contribution in [2.24, 2.45) is 4.99 Å². The number of anilines is 1. The summed E-state index contributed by atoms with van der Waals surface area (Å²) in [6.07, 6.45) is 2.88. The number of aryl methyl sites for hydroxylation is 1. The molecule has 0 aromatic heterocycles. The lowest BCUT2D eigenvalue weighted by Gasteiger charge is -2.16. The minimum Gasteiger partial charge on any atom is -0.493 e. The van der Waals surface area contributed by atoms with Crippen molar-refractivity contribution in [1.82, 2.24) is 0 Å². The Morgan fingerprint density at radius 3 is 2.85 bits per heavy atom. The second-order valence-corrected chi connectivity index (χ2v) is 8.07. The number of fused-ring (bicyclic) bond motifs is 1. The minimum absolute atomic E-state index is 0.0262. The Morgan fingerprint density at radius 2 is 2.07 bits per heavy atom. The third-order valence-electron chi connectivity index (χ3n) is 4.45. The maximum Gasteiger partial charge on any atom is 0.271 e. The predicted octanol–water partition coefficient (Wildman–Crippen LogP) is 4.82. The highest BCUT2D eigenvalue weighted by Crippen LogP contribution is 2.37. The number of nitrogens with zero attached hydrogens (tertiary/aromatic N) is 2. The van der Waals surface area contributed by atoms with E-state index < -0.39 is 0 Å². The van der Waals surface area contributed by atoms with E-state index in [4.69, 9.17) is 4.74 Å². The molecule has 2 aromatic carbocycles. The van der Waals surface area contributed by atoms with Crippen LogP contribution in [0.3, 0.4) is 0 Å². The van der Waals surface area contributed by atoms with E-state index in [1.54, 1.807) is 4.90 Å². The van der Waals surface area contributed by atoms with Crippen molar-refractivity contribution in [3.05, 3.63) is 64.1 Å². The second kappa shape index (κ2) is 7.24. The fourth-order valence-electron chi connectivity index (χ4n) is 3.22. The molecule has 2 aliphatic rings. The number of thioether (sulfide) groups is 1. The van der Waals surface area contributed by atoms with Gasteiger partial charge in [0.25, 0.3) is 5.91 Å². The summed E-state index contributed by atoms with van der Waals surface area (Å²) >= 11 is 1.44. The Bertz CT molecular complexity index is 963. The molecular weight excluding hydrogens is 356 g/mol. The Kier molecular flexibility index (Phi) is 4.79. The van der Waals surface area contributed by atoms with Gasteiger partial charge in [-0.2, -0.15) is 0 Å². The summed E-state index contributed by atoms with van der Waals surface area (Å²) in [6, 6.07) is 14.2. The topological polar surface area (TPSA) is 41.9 Å². The van der Waals surface area contributed by atoms with Crippen LogP contribution in [0.1, 0.15) is 30.5 Å². The lowest BCUT2D eigenvalue weighted by molar-refractivity contribution is -0.113. The van der Waals surface area contributed by atoms with Crippen molar-refractivity contribution >= 4 is 34.6 Å². The van der Waals surface area contributed by atoms with Gasteiger partial charge in [-0.05, 0) is 79.6 Å². The van der Waals surface area contributed by atoms with E-state index in [1.165, 1.54) is 17.3 Å². The summed E-state index contributed by atoms with van der Waals surface area (Å²) in [4.78, 5) is 20.3. The summed E-state index contributed by atoms with van der Waals surface area (Å²) in [5.74, 6) is 0.924. The summed E-state index contributed by atoms with van der Waals surface area (Å²) in [7, 11) is 0. The quantitative estimate of drug-likeness (QED) is 0.720. The first-order valence-corrected chi connectivity index (χ1v) is 9.97. The number of aliphatic imine (C=N–C) groups is 1. The molecule has 2 heterocycles. The van der Waals surface area contributed by atoms with Gasteiger partial charge in [-0.1, -0.05) is 18.2 Å². The predicted molar refractivity (Wildman–Crippen MR) is 112 cm³/mol. The second-order valence-electron chi connectivity index (χ2n) is 7.06. The smallest absolute Gasteiger partial charge is 0.271 e. The first kappa shape index (κ1) is 17.9. The van der Waals surface area contributed by atoms with Gasteiger partial charge in [0.1, 0.15) is 5.75 Å². The summed E-state index contributed by atoms with van der Waals surface area (Å²) in [5.41, 5.74) is 4.19. The number of rotatable bonds is 3. The van der Waals surface area contributed by atoms with Crippen molar-refractivity contribution in [3.63, 3.8) is 0 Å². The molecule has 2 aliphatic heterocycles. The number of amides is 1. The average molecular weight is 378 g/mol. The molecule has 0 aliphatic carbocycles. The molecule has 4 nitrogen and oxygen atoms in total. The molecule has 0 radical (unpaired) electrons. The van der Waals surface area contributed by atoms with Crippen LogP contribution in [-0.4, -0.2) is 23.7 Å². The van der Waals surface area contributed by atoms with Crippen molar-refractivity contribution < 1.29 is 9.53 Å². The highest BCUT2D eigenvalue weighted by atomic mass is 32.2. The molecule has 0 spiro atoms. The van der Waals surface area contributed by atoms with Gasteiger partial charge in [0.15, 0.2) is 5.17 Å². The molecule has 0 atom stereocenters. The molecule has 1 fully saturated rings. The summed E-state index contributed by atoms with van der Waals surface area (Å²) in [6.45, 7) is 6.80. The van der Waals surface area contributed by atoms with Crippen LogP contribution in [0, 0.1) is 6.92 Å². The Labute approximate surface area is 163 Å². The maximum absolute atomic E-state index is 13.2. The van der Waals surface area contributed by atoms with E-state index >= 15 is 0 Å². The third-order valence-corrected chi connectivity index (χ3v) is 5.43. The Morgan fingerprint density at radius 1 is 1.22 bits per heavy atom. The highest BCUT2D eigenvalue weighted by molar-refractivity contribution is 8.19. The first-order chi connectivity index (χ1) is 13.0. The van der Waals surface area contributed by atoms with Crippen LogP contribution in [0.25, 0.3) is 6.08 Å². The van der Waals surface area contributed by atoms with Crippen LogP contribution >= 0.6 is 11.8 Å². The molecule has 0 saturated carbocycles. The van der Waals surface area contributed by atoms with Crippen LogP contribution in [-0.2, 0) is 11.2 Å². The SMILES string of the molecule is Cc1cccc(N2C(=O)/C(=C/c3ccc4c(c3)CCO4)SC2=NC(C)C)c1. The molecule has 138 valence electrons. The average Bonchev–Trinajstić information content (AvgIpc) is 3.19. The third kappa shape index (κ3) is 3.65. The molecule has 2 aromatic rings. The normalized spacial score (nSPS) is 19.3. The molecule has 1 amide bonds. The monoisotopic (exact) mass is 378 g/mol. The van der Waals surface area contributed by atoms with Crippen molar-refractivity contribution in [3.8, 4) is 5.75 Å². The number of hydrogen-bond acceptors (Lipinski definition) is 4. The van der Waals surface area contributed by atoms with Gasteiger partial charge in [-0.25, -0.2) is 0 Å². The summed E-state index contributed by atoms with van der Waals surface area (Å²) in [5, 5.41) is 0.733. The lowest BCUT2D eigenvalue weighted by Crippen LogP contribution is -2.29. The van der Waals surface area contributed by atoms with Crippen molar-refractivity contribution in [1.29, 1.82) is 0 Å². The molecule has 0 bridgehead atoms. The zero-order valence-corrected chi connectivity index (χ0v) is 16.5. The fraction of sp³-hybridized carbons (Fsp3) is 0.273. The van der Waals surface area contributed by atoms with Gasteiger partial charge >= 0.3 is 0 Å². The van der Waals surface area contributed by atoms with E-state index in [0.717, 1.165) is 40.8 Å². The standard InChI is InChI=1S/C22H22N2O2S/c1-14(2)23-22-24(18-6-4-5-15(3)11-18)21(25)20(27-22)13-16-7-8-19-17(12-16)9-10-26-19/h4-8,11-14H,9-10H2,1-3H3/b20-13-,23-22?. The number of carbonyl (C=O) groups is 1. The van der Waals surface area contributed by atoms with Gasteiger partial charge in [0.2, 0.25) is 0 Å². The number of carbonyl (C=O) groups excluding carboxylic acids is 1. The van der Waals surface area contributed by atoms with E-state index in [-0.39, 0.29) is 11.9 Å². The number of amidine groups is 1. The molecule has 4 rings (SSSR count). The van der Waals surface area contributed by atoms with E-state index in [1.807, 2.05) is 63.2 Å². The first-order valence-electron chi connectivity index (χ1n) is 9.15. The fourth-order valence-corrected chi connectivity index (χ4v) is 4.34. The van der Waals surface area contributed by atoms with Gasteiger partial charge in [0.05, 0.1) is 17.2 Å². The summed E-state index contributed by atoms with van der Waals surface area (Å²) < 4.78 is 5.57. The lowest BCUT2D eigenvalue weighted by atomic mass is 10.1. The van der Waals surface area contributed by atoms with E-state index in [9.17, 15) is 4.79 Å². The van der Waals surface area contributed by atoms with Gasteiger partial charge in [-0.15, -0.1) is 0 Å². The largest absolute Gasteiger partial charge is 0.493 e. The zero-order valence-electron chi connectivity index (χ0n) is 15.7. The van der Waals surface area contributed by atoms with Gasteiger partial charge < -0.3 is 4.74 Å². The Hall–Kier alpha value is -2.53. The molecular formula is C22H22N2O2S. The van der Waals surface area contributed by atoms with Crippen LogP contribution < -0.4 is 9.64 Å². The number of benzene rings is 2. The number of ether oxygens (including phenoxy) is 1. The van der Waals surface area contributed by atoms with Crippen molar-refractivity contribution in [2.45, 2.75) is 33.2 Å². The van der Waals surface area contributed by atoms with Gasteiger partial charge in [0, 0.05) is 12.5 Å². The molecule has 27 heavy (non-hydrogen) atoms. The van der Waals surface area contributed by atoms with Crippen LogP contribution in [0.4, 0.5) is 5.69 Å². The minimum atomic E-state index is -0.0262. The van der Waals surface area contributed by atoms with Crippen molar-refractivity contribution in [2.75, 3.05) is 11.5 Å². The number of hydrogen-bond donors (Lipinski definition) is 0. The Balaban J connectivity index is 1.72. The molecule has 0 unspecified atom stereocenters. The van der Waals surface area contributed by atoms with Crippen LogP contribution in [0.15, 0.2) is 52.4 Å². The zero-order chi connectivity index (χ0) is 19.0. The molecule has 0 N–H and O–H groups in total.